The van der Waals surface area contributed by atoms with Crippen molar-refractivity contribution in [3.05, 3.63) is 70.2 Å². The lowest BCUT2D eigenvalue weighted by Gasteiger charge is -2.47. The van der Waals surface area contributed by atoms with E-state index in [-0.39, 0.29) is 36.2 Å². The van der Waals surface area contributed by atoms with Crippen LogP contribution in [0.4, 0.5) is 0 Å². The summed E-state index contributed by atoms with van der Waals surface area (Å²) in [5.74, 6) is -0.767. The van der Waals surface area contributed by atoms with Crippen molar-refractivity contribution in [2.24, 2.45) is 16.3 Å². The van der Waals surface area contributed by atoms with Crippen molar-refractivity contribution in [1.82, 2.24) is 10.2 Å². The molecule has 1 unspecified atom stereocenters. The Balaban J connectivity index is 1.68. The molecule has 0 aromatic heterocycles. The Bertz CT molecular complexity index is 1270. The van der Waals surface area contributed by atoms with Gasteiger partial charge in [-0.2, -0.15) is 0 Å². The fourth-order valence-electron chi connectivity index (χ4n) is 6.22. The topological polar surface area (TPSA) is 99.1 Å². The van der Waals surface area contributed by atoms with Crippen molar-refractivity contribution >= 4 is 35.1 Å². The maximum absolute atomic E-state index is 14.3. The molecule has 4 rings (SSSR count). The zero-order valence-electron chi connectivity index (χ0n) is 24.6. The summed E-state index contributed by atoms with van der Waals surface area (Å²) in [6.45, 7) is 9.09. The molecule has 2 aromatic carbocycles. The van der Waals surface area contributed by atoms with Gasteiger partial charge in [0.05, 0.1) is 12.5 Å². The molecule has 8 heteroatoms. The summed E-state index contributed by atoms with van der Waals surface area (Å²) in [5, 5.41) is 12.1. The van der Waals surface area contributed by atoms with Crippen molar-refractivity contribution < 1.29 is 19.5 Å². The average molecular weight is 580 g/mol. The van der Waals surface area contributed by atoms with E-state index in [1.807, 2.05) is 29.2 Å². The monoisotopic (exact) mass is 579 g/mol. The number of hydrogen-bond acceptors (Lipinski definition) is 4. The Labute approximate surface area is 248 Å². The van der Waals surface area contributed by atoms with E-state index in [1.54, 1.807) is 24.3 Å². The number of carboxylic acid groups (broad SMARTS) is 1. The first kappa shape index (κ1) is 30.8. The molecule has 1 saturated carbocycles. The van der Waals surface area contributed by atoms with Crippen LogP contribution in [0, 0.1) is 11.3 Å². The summed E-state index contributed by atoms with van der Waals surface area (Å²) in [6.07, 6.45) is 6.22. The van der Waals surface area contributed by atoms with Crippen LogP contribution in [0.1, 0.15) is 107 Å². The van der Waals surface area contributed by atoms with Crippen LogP contribution in [0.5, 0.6) is 0 Å². The van der Waals surface area contributed by atoms with Crippen LogP contribution in [0.15, 0.2) is 53.5 Å². The Hall–Kier alpha value is -3.19. The van der Waals surface area contributed by atoms with Crippen LogP contribution in [0.3, 0.4) is 0 Å². The number of nitrogens with zero attached hydrogens (tertiary/aromatic N) is 2. The van der Waals surface area contributed by atoms with Gasteiger partial charge >= 0.3 is 5.97 Å². The van der Waals surface area contributed by atoms with Gasteiger partial charge in [-0.1, -0.05) is 76.4 Å². The predicted octanol–water partition coefficient (Wildman–Crippen LogP) is 7.04. The second-order valence-corrected chi connectivity index (χ2v) is 12.9. The normalized spacial score (nSPS) is 21.6. The van der Waals surface area contributed by atoms with Crippen molar-refractivity contribution in [1.29, 1.82) is 0 Å². The van der Waals surface area contributed by atoms with E-state index in [0.29, 0.717) is 22.2 Å². The fraction of sp³-hybridized carbons (Fsp3) is 0.515. The van der Waals surface area contributed by atoms with Crippen LogP contribution in [-0.4, -0.2) is 45.7 Å². The third-order valence-corrected chi connectivity index (χ3v) is 8.90. The Kier molecular flexibility index (Phi) is 9.58. The van der Waals surface area contributed by atoms with Gasteiger partial charge in [0.25, 0.3) is 11.8 Å². The summed E-state index contributed by atoms with van der Waals surface area (Å²) >= 11 is 6.16. The summed E-state index contributed by atoms with van der Waals surface area (Å²) in [7, 11) is 0. The molecular weight excluding hydrogens is 538 g/mol. The number of rotatable bonds is 10. The third kappa shape index (κ3) is 7.00. The number of halogens is 1. The minimum absolute atomic E-state index is 0.0573. The second kappa shape index (κ2) is 12.8. The standard InChI is InChI=1S/C33H42ClN3O4/c1-5-6-7-27(22-8-10-24(11-9-22)30(40)35-21-18-28(38)39)37-31(41)29(23-12-14-26(34)15-13-23)36-33(37)19-16-25(17-20-33)32(2,3)4/h8-15,25,27H,5-7,16-21H2,1-4H3,(H,35,40)(H,38,39). The van der Waals surface area contributed by atoms with Gasteiger partial charge in [-0.25, -0.2) is 0 Å². The Morgan fingerprint density at radius 3 is 2.29 bits per heavy atom. The highest BCUT2D eigenvalue weighted by atomic mass is 35.5. The number of carbonyl (C=O) groups is 3. The number of carbonyl (C=O) groups excluding carboxylic acids is 2. The lowest BCUT2D eigenvalue weighted by Crippen LogP contribution is -2.51. The minimum Gasteiger partial charge on any atom is -0.481 e. The molecule has 0 saturated heterocycles. The van der Waals surface area contributed by atoms with Crippen molar-refractivity contribution in [2.75, 3.05) is 6.54 Å². The SMILES string of the molecule is CCCCC(c1ccc(C(=O)NCCC(=O)O)cc1)N1C(=O)C(c2ccc(Cl)cc2)=NC12CCC(C(C)(C)C)CC2. The van der Waals surface area contributed by atoms with Crippen LogP contribution in [0.25, 0.3) is 0 Å². The average Bonchev–Trinajstić information content (AvgIpc) is 3.20. The first-order valence-electron chi connectivity index (χ1n) is 14.7. The second-order valence-electron chi connectivity index (χ2n) is 12.4. The maximum atomic E-state index is 14.3. The first-order chi connectivity index (χ1) is 19.4. The van der Waals surface area contributed by atoms with Crippen molar-refractivity contribution in [3.63, 3.8) is 0 Å². The molecule has 1 aliphatic carbocycles. The molecule has 1 fully saturated rings. The maximum Gasteiger partial charge on any atom is 0.305 e. The van der Waals surface area contributed by atoms with Gasteiger partial charge in [-0.05, 0) is 73.3 Å². The molecule has 1 aliphatic heterocycles. The number of amides is 2. The van der Waals surface area contributed by atoms with Gasteiger partial charge in [-0.15, -0.1) is 0 Å². The van der Waals surface area contributed by atoms with Crippen LogP contribution in [-0.2, 0) is 9.59 Å². The molecule has 41 heavy (non-hydrogen) atoms. The van der Waals surface area contributed by atoms with Crippen LogP contribution < -0.4 is 5.32 Å². The fourth-order valence-corrected chi connectivity index (χ4v) is 6.35. The molecule has 2 amide bonds. The number of aliphatic imine (C=N–C) groups is 1. The quantitative estimate of drug-likeness (QED) is 0.315. The van der Waals surface area contributed by atoms with Gasteiger partial charge in [0.1, 0.15) is 11.4 Å². The van der Waals surface area contributed by atoms with Gasteiger partial charge in [0.2, 0.25) is 0 Å². The summed E-state index contributed by atoms with van der Waals surface area (Å²) in [6, 6.07) is 14.5. The third-order valence-electron chi connectivity index (χ3n) is 8.64. The molecule has 1 heterocycles. The van der Waals surface area contributed by atoms with Gasteiger partial charge in [-0.3, -0.25) is 19.4 Å². The summed E-state index contributed by atoms with van der Waals surface area (Å²) in [4.78, 5) is 45.0. The molecule has 1 spiro atoms. The number of aliphatic carboxylic acids is 1. The number of hydrogen-bond donors (Lipinski definition) is 2. The molecule has 2 N–H and O–H groups in total. The van der Waals surface area contributed by atoms with Crippen molar-refractivity contribution in [3.8, 4) is 0 Å². The van der Waals surface area contributed by atoms with Gasteiger partial charge < -0.3 is 15.3 Å². The van der Waals surface area contributed by atoms with E-state index in [9.17, 15) is 14.4 Å². The van der Waals surface area contributed by atoms with Crippen molar-refractivity contribution in [2.45, 2.75) is 90.8 Å². The van der Waals surface area contributed by atoms with E-state index < -0.39 is 11.6 Å². The van der Waals surface area contributed by atoms with Crippen LogP contribution >= 0.6 is 11.6 Å². The number of nitrogens with one attached hydrogen (secondary N) is 1. The number of benzene rings is 2. The van der Waals surface area contributed by atoms with E-state index in [1.165, 1.54) is 0 Å². The predicted molar refractivity (Wildman–Crippen MR) is 162 cm³/mol. The van der Waals surface area contributed by atoms with E-state index in [4.69, 9.17) is 21.7 Å². The molecule has 2 aromatic rings. The summed E-state index contributed by atoms with van der Waals surface area (Å²) in [5.41, 5.74) is 2.28. The largest absolute Gasteiger partial charge is 0.481 e. The van der Waals surface area contributed by atoms with Crippen LogP contribution in [0.2, 0.25) is 5.02 Å². The lowest BCUT2D eigenvalue weighted by molar-refractivity contribution is -0.137. The Morgan fingerprint density at radius 1 is 1.10 bits per heavy atom. The summed E-state index contributed by atoms with van der Waals surface area (Å²) < 4.78 is 0. The molecule has 1 atom stereocenters. The number of unbranched alkanes of at least 4 members (excludes halogenated alkanes) is 1. The van der Waals surface area contributed by atoms with Gasteiger partial charge in [0, 0.05) is 22.7 Å². The van der Waals surface area contributed by atoms with E-state index >= 15 is 0 Å². The van der Waals surface area contributed by atoms with Gasteiger partial charge in [0.15, 0.2) is 0 Å². The molecule has 0 bridgehead atoms. The molecule has 220 valence electrons. The Morgan fingerprint density at radius 2 is 1.73 bits per heavy atom. The lowest BCUT2D eigenvalue weighted by atomic mass is 9.69. The zero-order valence-corrected chi connectivity index (χ0v) is 25.3. The molecular formula is C33H42ClN3O4. The molecule has 2 aliphatic rings. The number of carboxylic acids is 1. The minimum atomic E-state index is -0.958. The highest BCUT2D eigenvalue weighted by Gasteiger charge is 2.52. The smallest absolute Gasteiger partial charge is 0.305 e. The molecule has 0 radical (unpaired) electrons. The highest BCUT2D eigenvalue weighted by Crippen LogP contribution is 2.50. The zero-order chi connectivity index (χ0) is 29.8. The van der Waals surface area contributed by atoms with E-state index in [0.717, 1.165) is 56.1 Å². The van der Waals surface area contributed by atoms with E-state index in [2.05, 4.69) is 33.0 Å². The molecule has 7 nitrogen and oxygen atoms in total. The highest BCUT2D eigenvalue weighted by molar-refractivity contribution is 6.47. The first-order valence-corrected chi connectivity index (χ1v) is 15.1.